The summed E-state index contributed by atoms with van der Waals surface area (Å²) in [5.74, 6) is 0.232. The molecule has 146 valence electrons. The first kappa shape index (κ1) is 21.5. The highest BCUT2D eigenvalue weighted by atomic mass is 35.5. The standard InChI is InChI=1S/C20H29N3O.2ClH/c24-20(19-8-4-5-11-21-19)22-16-12-17-9-10-18(13-16)23(17)14-15-6-2-1-3-7-15;;/h1-3,6-7,16-19,21H,4-5,8-14H2,(H,22,24);2*1H/t16?,17?,18?,19-;;/m1../s1. The molecule has 26 heavy (non-hydrogen) atoms. The number of hydrogen-bond donors (Lipinski definition) is 2. The molecule has 0 radical (unpaired) electrons. The zero-order chi connectivity index (χ0) is 16.4. The molecule has 1 aromatic carbocycles. The summed E-state index contributed by atoms with van der Waals surface area (Å²) in [6, 6.07) is 12.5. The fourth-order valence-corrected chi connectivity index (χ4v) is 4.82. The Morgan fingerprint density at radius 2 is 1.73 bits per heavy atom. The van der Waals surface area contributed by atoms with Gasteiger partial charge in [-0.05, 0) is 50.6 Å². The molecule has 4 rings (SSSR count). The van der Waals surface area contributed by atoms with Gasteiger partial charge in [0.2, 0.25) is 5.91 Å². The molecular weight excluding hydrogens is 369 g/mol. The van der Waals surface area contributed by atoms with Gasteiger partial charge in [0, 0.05) is 24.7 Å². The third-order valence-electron chi connectivity index (χ3n) is 6.07. The van der Waals surface area contributed by atoms with Crippen LogP contribution in [0.1, 0.15) is 50.5 Å². The average Bonchev–Trinajstić information content (AvgIpc) is 2.86. The van der Waals surface area contributed by atoms with E-state index in [1.807, 2.05) is 0 Å². The third-order valence-corrected chi connectivity index (χ3v) is 6.07. The van der Waals surface area contributed by atoms with Crippen LogP contribution in [0.2, 0.25) is 0 Å². The van der Waals surface area contributed by atoms with E-state index in [-0.39, 0.29) is 36.8 Å². The third kappa shape index (κ3) is 4.92. The molecule has 2 N–H and O–H groups in total. The van der Waals surface area contributed by atoms with Crippen LogP contribution in [0, 0.1) is 0 Å². The first-order chi connectivity index (χ1) is 11.8. The molecule has 0 spiro atoms. The predicted molar refractivity (Wildman–Crippen MR) is 110 cm³/mol. The highest BCUT2D eigenvalue weighted by Crippen LogP contribution is 2.36. The predicted octanol–water partition coefficient (Wildman–Crippen LogP) is 3.28. The molecule has 3 fully saturated rings. The number of amides is 1. The quantitative estimate of drug-likeness (QED) is 0.816. The van der Waals surface area contributed by atoms with Crippen molar-refractivity contribution < 1.29 is 4.79 Å². The highest BCUT2D eigenvalue weighted by molar-refractivity contribution is 5.85. The highest BCUT2D eigenvalue weighted by Gasteiger charge is 2.41. The maximum absolute atomic E-state index is 12.5. The Kier molecular flexibility index (Phi) is 8.21. The van der Waals surface area contributed by atoms with Gasteiger partial charge in [0.15, 0.2) is 0 Å². The molecule has 3 saturated heterocycles. The summed E-state index contributed by atoms with van der Waals surface area (Å²) < 4.78 is 0. The molecule has 2 bridgehead atoms. The summed E-state index contributed by atoms with van der Waals surface area (Å²) >= 11 is 0. The van der Waals surface area contributed by atoms with Gasteiger partial charge in [-0.2, -0.15) is 0 Å². The van der Waals surface area contributed by atoms with E-state index in [1.54, 1.807) is 0 Å². The van der Waals surface area contributed by atoms with E-state index in [2.05, 4.69) is 45.9 Å². The van der Waals surface area contributed by atoms with Gasteiger partial charge in [0.1, 0.15) is 0 Å². The van der Waals surface area contributed by atoms with Crippen molar-refractivity contribution in [3.63, 3.8) is 0 Å². The van der Waals surface area contributed by atoms with Crippen LogP contribution >= 0.6 is 24.8 Å². The molecule has 2 unspecified atom stereocenters. The summed E-state index contributed by atoms with van der Waals surface area (Å²) in [6.07, 6.45) is 8.16. The lowest BCUT2D eigenvalue weighted by Gasteiger charge is -2.39. The van der Waals surface area contributed by atoms with Gasteiger partial charge in [0.05, 0.1) is 6.04 Å². The second kappa shape index (κ2) is 9.93. The maximum Gasteiger partial charge on any atom is 0.237 e. The van der Waals surface area contributed by atoms with Gasteiger partial charge in [-0.1, -0.05) is 36.8 Å². The van der Waals surface area contributed by atoms with E-state index in [0.29, 0.717) is 18.1 Å². The SMILES string of the molecule is Cl.Cl.O=C(NC1CC2CCC(C1)N2Cc1ccccc1)[C@H]1CCCCN1. The van der Waals surface area contributed by atoms with Gasteiger partial charge in [-0.15, -0.1) is 24.8 Å². The van der Waals surface area contributed by atoms with Crippen LogP contribution in [0.4, 0.5) is 0 Å². The second-order valence-corrected chi connectivity index (χ2v) is 7.72. The van der Waals surface area contributed by atoms with E-state index in [0.717, 1.165) is 32.4 Å². The van der Waals surface area contributed by atoms with Gasteiger partial charge in [0.25, 0.3) is 0 Å². The number of hydrogen-bond acceptors (Lipinski definition) is 3. The largest absolute Gasteiger partial charge is 0.352 e. The van der Waals surface area contributed by atoms with Crippen LogP contribution < -0.4 is 10.6 Å². The Hall–Kier alpha value is -0.810. The Bertz CT molecular complexity index is 551. The molecule has 1 aromatic rings. The lowest BCUT2D eigenvalue weighted by molar-refractivity contribution is -0.124. The maximum atomic E-state index is 12.5. The molecule has 3 heterocycles. The zero-order valence-corrected chi connectivity index (χ0v) is 16.9. The van der Waals surface area contributed by atoms with E-state index < -0.39 is 0 Å². The van der Waals surface area contributed by atoms with Crippen LogP contribution in [-0.2, 0) is 11.3 Å². The average molecular weight is 400 g/mol. The van der Waals surface area contributed by atoms with Crippen LogP contribution in [0.3, 0.4) is 0 Å². The normalized spacial score (nSPS) is 30.8. The number of fused-ring (bicyclic) bond motifs is 2. The number of nitrogens with zero attached hydrogens (tertiary/aromatic N) is 1. The molecule has 4 nitrogen and oxygen atoms in total. The number of nitrogens with one attached hydrogen (secondary N) is 2. The molecule has 3 aliphatic rings. The Labute approximate surface area is 169 Å². The molecule has 0 aliphatic carbocycles. The Morgan fingerprint density at radius 3 is 2.35 bits per heavy atom. The number of carbonyl (C=O) groups is 1. The van der Waals surface area contributed by atoms with Gasteiger partial charge in [-0.3, -0.25) is 9.69 Å². The van der Waals surface area contributed by atoms with E-state index in [1.165, 1.54) is 31.2 Å². The fraction of sp³-hybridized carbons (Fsp3) is 0.650. The first-order valence-corrected chi connectivity index (χ1v) is 9.63. The Balaban J connectivity index is 0.00000121. The molecule has 3 atom stereocenters. The molecule has 6 heteroatoms. The van der Waals surface area contributed by atoms with Crippen LogP contribution in [-0.4, -0.2) is 41.5 Å². The van der Waals surface area contributed by atoms with E-state index in [4.69, 9.17) is 0 Å². The monoisotopic (exact) mass is 399 g/mol. The Morgan fingerprint density at radius 1 is 1.04 bits per heavy atom. The van der Waals surface area contributed by atoms with Gasteiger partial charge in [-0.25, -0.2) is 0 Å². The number of rotatable bonds is 4. The topological polar surface area (TPSA) is 44.4 Å². The number of benzene rings is 1. The van der Waals surface area contributed by atoms with Crippen molar-refractivity contribution in [1.82, 2.24) is 15.5 Å². The minimum absolute atomic E-state index is 0. The summed E-state index contributed by atoms with van der Waals surface area (Å²) in [5.41, 5.74) is 1.41. The minimum Gasteiger partial charge on any atom is -0.352 e. The van der Waals surface area contributed by atoms with Gasteiger partial charge >= 0.3 is 0 Å². The summed E-state index contributed by atoms with van der Waals surface area (Å²) in [7, 11) is 0. The number of carbonyl (C=O) groups excluding carboxylic acids is 1. The molecule has 0 aromatic heterocycles. The fourth-order valence-electron chi connectivity index (χ4n) is 4.82. The lowest BCUT2D eigenvalue weighted by atomic mass is 9.95. The van der Waals surface area contributed by atoms with Crippen LogP contribution in [0.25, 0.3) is 0 Å². The zero-order valence-electron chi connectivity index (χ0n) is 15.2. The molecule has 0 saturated carbocycles. The summed E-state index contributed by atoms with van der Waals surface area (Å²) in [6.45, 7) is 2.04. The summed E-state index contributed by atoms with van der Waals surface area (Å²) in [4.78, 5) is 15.2. The second-order valence-electron chi connectivity index (χ2n) is 7.72. The smallest absolute Gasteiger partial charge is 0.237 e. The van der Waals surface area contributed by atoms with Crippen molar-refractivity contribution >= 4 is 30.7 Å². The van der Waals surface area contributed by atoms with Crippen molar-refractivity contribution in [3.8, 4) is 0 Å². The summed E-state index contributed by atoms with van der Waals surface area (Å²) in [5, 5.41) is 6.71. The van der Waals surface area contributed by atoms with Gasteiger partial charge < -0.3 is 10.6 Å². The number of halogens is 2. The number of piperidine rings is 2. The lowest BCUT2D eigenvalue weighted by Crippen LogP contribution is -2.54. The minimum atomic E-state index is 0. The molecular formula is C20H31Cl2N3O. The van der Waals surface area contributed by atoms with Crippen LogP contribution in [0.15, 0.2) is 30.3 Å². The van der Waals surface area contributed by atoms with Crippen molar-refractivity contribution in [2.45, 2.75) is 75.7 Å². The molecule has 1 amide bonds. The van der Waals surface area contributed by atoms with Crippen molar-refractivity contribution in [1.29, 1.82) is 0 Å². The van der Waals surface area contributed by atoms with Crippen molar-refractivity contribution in [2.24, 2.45) is 0 Å². The van der Waals surface area contributed by atoms with Crippen molar-refractivity contribution in [3.05, 3.63) is 35.9 Å². The van der Waals surface area contributed by atoms with Crippen LogP contribution in [0.5, 0.6) is 0 Å². The van der Waals surface area contributed by atoms with E-state index in [9.17, 15) is 4.79 Å². The van der Waals surface area contributed by atoms with E-state index >= 15 is 0 Å². The first-order valence-electron chi connectivity index (χ1n) is 9.63. The van der Waals surface area contributed by atoms with Crippen molar-refractivity contribution in [2.75, 3.05) is 6.54 Å². The molecule has 3 aliphatic heterocycles.